The van der Waals surface area contributed by atoms with Crippen LogP contribution in [0.2, 0.25) is 0 Å². The smallest absolute Gasteiger partial charge is 0.269 e. The SMILES string of the molecule is O=[N+]([O-])c1ccc(-c2cn3c(-c4ccccc4)c(-c4ccccc4)sc3n2)cc1. The Morgan fingerprint density at radius 1 is 0.793 bits per heavy atom. The van der Waals surface area contributed by atoms with Gasteiger partial charge < -0.3 is 0 Å². The van der Waals surface area contributed by atoms with Crippen LogP contribution in [0.25, 0.3) is 37.9 Å². The molecule has 0 unspecified atom stereocenters. The molecule has 0 amide bonds. The number of hydrogen-bond donors (Lipinski definition) is 0. The summed E-state index contributed by atoms with van der Waals surface area (Å²) in [5, 5.41) is 10.9. The molecule has 2 aromatic heterocycles. The number of imidazole rings is 1. The van der Waals surface area contributed by atoms with Gasteiger partial charge in [0.1, 0.15) is 0 Å². The van der Waals surface area contributed by atoms with Crippen molar-refractivity contribution in [2.24, 2.45) is 0 Å². The number of hydrogen-bond acceptors (Lipinski definition) is 4. The predicted molar refractivity (Wildman–Crippen MR) is 116 cm³/mol. The highest BCUT2D eigenvalue weighted by Gasteiger charge is 2.18. The molecule has 5 aromatic rings. The summed E-state index contributed by atoms with van der Waals surface area (Å²) in [4.78, 5) is 17.4. The third kappa shape index (κ3) is 3.09. The van der Waals surface area contributed by atoms with Gasteiger partial charge in [0.15, 0.2) is 4.96 Å². The number of rotatable bonds is 4. The molecule has 140 valence electrons. The van der Waals surface area contributed by atoms with E-state index < -0.39 is 4.92 Å². The van der Waals surface area contributed by atoms with Crippen molar-refractivity contribution < 1.29 is 4.92 Å². The van der Waals surface area contributed by atoms with Crippen LogP contribution in [0.1, 0.15) is 0 Å². The first-order valence-corrected chi connectivity index (χ1v) is 9.90. The van der Waals surface area contributed by atoms with Gasteiger partial charge in [-0.15, -0.1) is 0 Å². The summed E-state index contributed by atoms with van der Waals surface area (Å²) in [5.74, 6) is 0. The van der Waals surface area contributed by atoms with Crippen molar-refractivity contribution in [1.29, 1.82) is 0 Å². The summed E-state index contributed by atoms with van der Waals surface area (Å²) in [5.41, 5.74) is 5.09. The van der Waals surface area contributed by atoms with Gasteiger partial charge in [0.25, 0.3) is 5.69 Å². The highest BCUT2D eigenvalue weighted by Crippen LogP contribution is 2.40. The lowest BCUT2D eigenvalue weighted by Crippen LogP contribution is -1.88. The molecular weight excluding hydrogens is 382 g/mol. The Morgan fingerprint density at radius 3 is 2.03 bits per heavy atom. The summed E-state index contributed by atoms with van der Waals surface area (Å²) in [6, 6.07) is 27.1. The third-order valence-electron chi connectivity index (χ3n) is 4.78. The average molecular weight is 397 g/mol. The fraction of sp³-hybridized carbons (Fsp3) is 0. The van der Waals surface area contributed by atoms with E-state index in [-0.39, 0.29) is 5.69 Å². The second-order valence-electron chi connectivity index (χ2n) is 6.59. The van der Waals surface area contributed by atoms with Crippen LogP contribution < -0.4 is 0 Å². The average Bonchev–Trinajstić information content (AvgIpc) is 3.33. The van der Waals surface area contributed by atoms with Gasteiger partial charge in [-0.25, -0.2) is 4.98 Å². The second kappa shape index (κ2) is 7.00. The van der Waals surface area contributed by atoms with Crippen molar-refractivity contribution in [3.8, 4) is 33.0 Å². The van der Waals surface area contributed by atoms with Crippen LogP contribution in [-0.2, 0) is 0 Å². The van der Waals surface area contributed by atoms with Crippen molar-refractivity contribution in [2.45, 2.75) is 0 Å². The van der Waals surface area contributed by atoms with Gasteiger partial charge in [-0.1, -0.05) is 72.0 Å². The molecule has 0 fully saturated rings. The molecule has 5 nitrogen and oxygen atoms in total. The first-order chi connectivity index (χ1) is 14.2. The highest BCUT2D eigenvalue weighted by atomic mass is 32.1. The molecule has 0 saturated heterocycles. The minimum atomic E-state index is -0.394. The number of nitro groups is 1. The summed E-state index contributed by atoms with van der Waals surface area (Å²) in [6.45, 7) is 0. The number of nitro benzene ring substituents is 1. The number of nitrogens with zero attached hydrogens (tertiary/aromatic N) is 3. The van der Waals surface area contributed by atoms with Gasteiger partial charge >= 0.3 is 0 Å². The Kier molecular flexibility index (Phi) is 4.18. The largest absolute Gasteiger partial charge is 0.289 e. The Balaban J connectivity index is 1.69. The summed E-state index contributed by atoms with van der Waals surface area (Å²) < 4.78 is 2.11. The van der Waals surface area contributed by atoms with E-state index in [1.807, 2.05) is 42.6 Å². The summed E-state index contributed by atoms with van der Waals surface area (Å²) in [7, 11) is 0. The second-order valence-corrected chi connectivity index (χ2v) is 7.57. The fourth-order valence-electron chi connectivity index (χ4n) is 3.39. The van der Waals surface area contributed by atoms with Crippen LogP contribution in [0, 0.1) is 10.1 Å². The highest BCUT2D eigenvalue weighted by molar-refractivity contribution is 7.20. The zero-order chi connectivity index (χ0) is 19.8. The van der Waals surface area contributed by atoms with E-state index in [9.17, 15) is 10.1 Å². The standard InChI is InChI=1S/C23H15N3O2S/c27-26(28)19-13-11-16(12-14-19)20-15-25-21(17-7-3-1-4-8-17)22(29-23(25)24-20)18-9-5-2-6-10-18/h1-15H. The maximum atomic E-state index is 10.9. The molecule has 3 aromatic carbocycles. The van der Waals surface area contributed by atoms with E-state index in [0.717, 1.165) is 37.9 Å². The fourth-order valence-corrected chi connectivity index (χ4v) is 4.52. The Bertz CT molecular complexity index is 1310. The molecular formula is C23H15N3O2S. The van der Waals surface area contributed by atoms with Gasteiger partial charge in [-0.05, 0) is 17.7 Å². The molecule has 0 N–H and O–H groups in total. The number of fused-ring (bicyclic) bond motifs is 1. The molecule has 6 heteroatoms. The molecule has 0 atom stereocenters. The number of benzene rings is 3. The molecule has 0 saturated carbocycles. The van der Waals surface area contributed by atoms with Gasteiger partial charge in [0.05, 0.1) is 21.2 Å². The zero-order valence-corrected chi connectivity index (χ0v) is 16.0. The minimum absolute atomic E-state index is 0.0751. The summed E-state index contributed by atoms with van der Waals surface area (Å²) >= 11 is 1.64. The minimum Gasteiger partial charge on any atom is -0.289 e. The molecule has 0 spiro atoms. The molecule has 0 aliphatic rings. The van der Waals surface area contributed by atoms with Gasteiger partial charge in [-0.3, -0.25) is 14.5 Å². The third-order valence-corrected chi connectivity index (χ3v) is 5.88. The van der Waals surface area contributed by atoms with Crippen LogP contribution in [0.5, 0.6) is 0 Å². The molecule has 0 radical (unpaired) electrons. The Labute approximate surface area is 170 Å². The van der Waals surface area contributed by atoms with E-state index in [2.05, 4.69) is 28.7 Å². The predicted octanol–water partition coefficient (Wildman–Crippen LogP) is 6.31. The molecule has 0 bridgehead atoms. The van der Waals surface area contributed by atoms with E-state index in [0.29, 0.717) is 0 Å². The van der Waals surface area contributed by atoms with Crippen LogP contribution in [-0.4, -0.2) is 14.3 Å². The Morgan fingerprint density at radius 2 is 1.41 bits per heavy atom. The molecule has 29 heavy (non-hydrogen) atoms. The lowest BCUT2D eigenvalue weighted by atomic mass is 10.1. The maximum Gasteiger partial charge on any atom is 0.269 e. The lowest BCUT2D eigenvalue weighted by Gasteiger charge is -2.05. The van der Waals surface area contributed by atoms with Crippen molar-refractivity contribution in [1.82, 2.24) is 9.38 Å². The number of thiazole rings is 1. The lowest BCUT2D eigenvalue weighted by molar-refractivity contribution is -0.384. The zero-order valence-electron chi connectivity index (χ0n) is 15.2. The number of aromatic nitrogens is 2. The number of non-ortho nitro benzene ring substituents is 1. The van der Waals surface area contributed by atoms with E-state index in [4.69, 9.17) is 4.98 Å². The molecule has 0 aliphatic carbocycles. The first-order valence-electron chi connectivity index (χ1n) is 9.08. The van der Waals surface area contributed by atoms with Gasteiger partial charge in [0, 0.05) is 29.5 Å². The molecule has 2 heterocycles. The molecule has 5 rings (SSSR count). The van der Waals surface area contributed by atoms with Crippen LogP contribution >= 0.6 is 11.3 Å². The monoisotopic (exact) mass is 397 g/mol. The first kappa shape index (κ1) is 17.3. The van der Waals surface area contributed by atoms with E-state index in [1.165, 1.54) is 12.1 Å². The van der Waals surface area contributed by atoms with Gasteiger partial charge in [-0.2, -0.15) is 0 Å². The topological polar surface area (TPSA) is 60.4 Å². The maximum absolute atomic E-state index is 10.9. The van der Waals surface area contributed by atoms with Crippen molar-refractivity contribution in [2.75, 3.05) is 0 Å². The molecule has 0 aliphatic heterocycles. The normalized spacial score (nSPS) is 11.0. The quantitative estimate of drug-likeness (QED) is 0.264. The Hall–Kier alpha value is -3.77. The van der Waals surface area contributed by atoms with Crippen molar-refractivity contribution in [3.05, 3.63) is 101 Å². The van der Waals surface area contributed by atoms with Crippen LogP contribution in [0.4, 0.5) is 5.69 Å². The summed E-state index contributed by atoms with van der Waals surface area (Å²) in [6.07, 6.45) is 2.00. The van der Waals surface area contributed by atoms with Gasteiger partial charge in [0.2, 0.25) is 0 Å². The van der Waals surface area contributed by atoms with Crippen molar-refractivity contribution in [3.63, 3.8) is 0 Å². The van der Waals surface area contributed by atoms with E-state index >= 15 is 0 Å². The van der Waals surface area contributed by atoms with Crippen molar-refractivity contribution >= 4 is 22.0 Å². The van der Waals surface area contributed by atoms with E-state index in [1.54, 1.807) is 23.5 Å². The van der Waals surface area contributed by atoms with Crippen LogP contribution in [0.3, 0.4) is 0 Å². The van der Waals surface area contributed by atoms with Crippen LogP contribution in [0.15, 0.2) is 91.1 Å².